The Hall–Kier alpha value is -1.10. The van der Waals surface area contributed by atoms with Gasteiger partial charge in [0, 0.05) is 12.3 Å². The molecule has 0 unspecified atom stereocenters. The standard InChI is InChI=1S/C14H19NO3/c16-8-9-6-14(7-11(9)12(17)13(14)18)15-10-4-2-1-3-5-10/h1-5,9,11-13,15-18H,6-8H2/t9-,11+,12+,13+,14+/m1/s1. The molecule has 2 fully saturated rings. The number of aliphatic hydroxyl groups excluding tert-OH is 3. The average molecular weight is 249 g/mol. The minimum absolute atomic E-state index is 0.00112. The first kappa shape index (κ1) is 12.0. The summed E-state index contributed by atoms with van der Waals surface area (Å²) in [6.07, 6.45) is -0.0610. The molecule has 0 radical (unpaired) electrons. The molecule has 5 atom stereocenters. The molecule has 2 saturated carbocycles. The van der Waals surface area contributed by atoms with Crippen LogP contribution >= 0.6 is 0 Å². The number of hydrogen-bond donors (Lipinski definition) is 4. The number of fused-ring (bicyclic) bond motifs is 2. The van der Waals surface area contributed by atoms with E-state index in [1.54, 1.807) is 0 Å². The maximum Gasteiger partial charge on any atom is 0.103 e. The van der Waals surface area contributed by atoms with Gasteiger partial charge < -0.3 is 20.6 Å². The van der Waals surface area contributed by atoms with E-state index < -0.39 is 17.7 Å². The number of nitrogens with one attached hydrogen (secondary N) is 1. The minimum atomic E-state index is -0.759. The van der Waals surface area contributed by atoms with Crippen LogP contribution in [-0.4, -0.2) is 39.7 Å². The quantitative estimate of drug-likeness (QED) is 0.633. The van der Waals surface area contributed by atoms with Gasteiger partial charge in [-0.3, -0.25) is 0 Å². The highest BCUT2D eigenvalue weighted by atomic mass is 16.3. The lowest BCUT2D eigenvalue weighted by Gasteiger charge is -2.38. The lowest BCUT2D eigenvalue weighted by Crippen LogP contribution is -2.52. The van der Waals surface area contributed by atoms with E-state index >= 15 is 0 Å². The maximum atomic E-state index is 10.2. The summed E-state index contributed by atoms with van der Waals surface area (Å²) < 4.78 is 0. The molecule has 1 aromatic rings. The SMILES string of the molecule is OC[C@H]1C[C@]2(Nc3ccccc3)C[C@@H]1[C@H](O)[C@@H]2O. The van der Waals surface area contributed by atoms with E-state index in [-0.39, 0.29) is 18.4 Å². The summed E-state index contributed by atoms with van der Waals surface area (Å²) in [5.41, 5.74) is 0.460. The van der Waals surface area contributed by atoms with Crippen molar-refractivity contribution >= 4 is 5.69 Å². The molecule has 2 bridgehead atoms. The Morgan fingerprint density at radius 3 is 2.56 bits per heavy atom. The predicted octanol–water partition coefficient (Wildman–Crippen LogP) is 0.591. The van der Waals surface area contributed by atoms with Crippen LogP contribution in [0.4, 0.5) is 5.69 Å². The van der Waals surface area contributed by atoms with Gasteiger partial charge in [0.1, 0.15) is 6.10 Å². The van der Waals surface area contributed by atoms with Gasteiger partial charge in [-0.1, -0.05) is 18.2 Å². The predicted molar refractivity (Wildman–Crippen MR) is 68.1 cm³/mol. The number of benzene rings is 1. The van der Waals surface area contributed by atoms with Crippen LogP contribution in [0.5, 0.6) is 0 Å². The Bertz CT molecular complexity index is 418. The monoisotopic (exact) mass is 249 g/mol. The van der Waals surface area contributed by atoms with Gasteiger partial charge in [-0.05, 0) is 36.8 Å². The second kappa shape index (κ2) is 4.23. The molecule has 0 saturated heterocycles. The molecule has 4 N–H and O–H groups in total. The minimum Gasteiger partial charge on any atom is -0.396 e. The van der Waals surface area contributed by atoms with Gasteiger partial charge >= 0.3 is 0 Å². The number of rotatable bonds is 3. The summed E-state index contributed by atoms with van der Waals surface area (Å²) in [7, 11) is 0. The highest BCUT2D eigenvalue weighted by molar-refractivity contribution is 5.47. The fraction of sp³-hybridized carbons (Fsp3) is 0.571. The van der Waals surface area contributed by atoms with Crippen molar-refractivity contribution in [1.82, 2.24) is 0 Å². The Labute approximate surface area is 106 Å². The number of hydrogen-bond acceptors (Lipinski definition) is 4. The molecule has 3 rings (SSSR count). The molecule has 4 nitrogen and oxygen atoms in total. The van der Waals surface area contributed by atoms with E-state index in [4.69, 9.17) is 0 Å². The van der Waals surface area contributed by atoms with Crippen molar-refractivity contribution in [3.05, 3.63) is 30.3 Å². The van der Waals surface area contributed by atoms with Crippen molar-refractivity contribution in [2.24, 2.45) is 11.8 Å². The third-order valence-electron chi connectivity index (χ3n) is 4.56. The van der Waals surface area contributed by atoms with Gasteiger partial charge in [0.2, 0.25) is 0 Å². The summed E-state index contributed by atoms with van der Waals surface area (Å²) in [6, 6.07) is 9.72. The fourth-order valence-corrected chi connectivity index (χ4v) is 3.68. The van der Waals surface area contributed by atoms with E-state index in [9.17, 15) is 15.3 Å². The van der Waals surface area contributed by atoms with Crippen LogP contribution < -0.4 is 5.32 Å². The summed E-state index contributed by atoms with van der Waals surface area (Å²) >= 11 is 0. The number of para-hydroxylation sites is 1. The van der Waals surface area contributed by atoms with Gasteiger partial charge in [-0.15, -0.1) is 0 Å². The molecule has 4 heteroatoms. The topological polar surface area (TPSA) is 72.7 Å². The van der Waals surface area contributed by atoms with Crippen molar-refractivity contribution in [2.45, 2.75) is 30.6 Å². The van der Waals surface area contributed by atoms with Crippen molar-refractivity contribution in [3.8, 4) is 0 Å². The Morgan fingerprint density at radius 1 is 1.17 bits per heavy atom. The van der Waals surface area contributed by atoms with E-state index in [0.29, 0.717) is 6.42 Å². The highest BCUT2D eigenvalue weighted by Crippen LogP contribution is 2.52. The molecule has 2 aliphatic rings. The second-order valence-corrected chi connectivity index (χ2v) is 5.60. The first-order valence-electron chi connectivity index (χ1n) is 6.46. The van der Waals surface area contributed by atoms with Crippen LogP contribution in [0.2, 0.25) is 0 Å². The van der Waals surface area contributed by atoms with Crippen molar-refractivity contribution in [2.75, 3.05) is 11.9 Å². The van der Waals surface area contributed by atoms with Gasteiger partial charge in [0.25, 0.3) is 0 Å². The van der Waals surface area contributed by atoms with Gasteiger partial charge in [0.15, 0.2) is 0 Å². The zero-order valence-corrected chi connectivity index (χ0v) is 10.2. The average Bonchev–Trinajstić information content (AvgIpc) is 2.87. The van der Waals surface area contributed by atoms with E-state index in [2.05, 4.69) is 5.32 Å². The summed E-state index contributed by atoms with van der Waals surface area (Å²) in [6.45, 7) is 0.0761. The Morgan fingerprint density at radius 2 is 1.89 bits per heavy atom. The third kappa shape index (κ3) is 1.64. The lowest BCUT2D eigenvalue weighted by molar-refractivity contribution is -0.0452. The molecular weight excluding hydrogens is 230 g/mol. The summed E-state index contributed by atoms with van der Waals surface area (Å²) in [4.78, 5) is 0. The lowest BCUT2D eigenvalue weighted by atomic mass is 9.82. The van der Waals surface area contributed by atoms with Crippen LogP contribution in [0.25, 0.3) is 0 Å². The number of anilines is 1. The molecule has 1 aromatic carbocycles. The molecule has 2 aliphatic carbocycles. The molecular formula is C14H19NO3. The van der Waals surface area contributed by atoms with Gasteiger partial charge in [-0.25, -0.2) is 0 Å². The maximum absolute atomic E-state index is 10.2. The molecule has 0 aliphatic heterocycles. The highest BCUT2D eigenvalue weighted by Gasteiger charge is 2.61. The molecule has 0 aromatic heterocycles. The fourth-order valence-electron chi connectivity index (χ4n) is 3.68. The van der Waals surface area contributed by atoms with E-state index in [1.165, 1.54) is 0 Å². The smallest absolute Gasteiger partial charge is 0.103 e. The molecule has 98 valence electrons. The summed E-state index contributed by atoms with van der Waals surface area (Å²) in [5, 5.41) is 33.0. The first-order chi connectivity index (χ1) is 8.66. The van der Waals surface area contributed by atoms with E-state index in [1.807, 2.05) is 30.3 Å². The molecule has 0 amide bonds. The van der Waals surface area contributed by atoms with Crippen molar-refractivity contribution in [1.29, 1.82) is 0 Å². The van der Waals surface area contributed by atoms with Crippen LogP contribution in [0.3, 0.4) is 0 Å². The van der Waals surface area contributed by atoms with Gasteiger partial charge in [0.05, 0.1) is 11.6 Å². The normalized spacial score (nSPS) is 42.2. The Balaban J connectivity index is 1.86. The summed E-state index contributed by atoms with van der Waals surface area (Å²) in [5.74, 6) is 0.0841. The Kier molecular flexibility index (Phi) is 2.81. The third-order valence-corrected chi connectivity index (χ3v) is 4.56. The van der Waals surface area contributed by atoms with Crippen LogP contribution in [-0.2, 0) is 0 Å². The molecule has 0 heterocycles. The molecule has 18 heavy (non-hydrogen) atoms. The van der Waals surface area contributed by atoms with Crippen LogP contribution in [0.1, 0.15) is 12.8 Å². The zero-order valence-electron chi connectivity index (χ0n) is 10.2. The van der Waals surface area contributed by atoms with E-state index in [0.717, 1.165) is 12.1 Å². The van der Waals surface area contributed by atoms with Crippen molar-refractivity contribution < 1.29 is 15.3 Å². The first-order valence-corrected chi connectivity index (χ1v) is 6.46. The van der Waals surface area contributed by atoms with Gasteiger partial charge in [-0.2, -0.15) is 0 Å². The largest absolute Gasteiger partial charge is 0.396 e. The zero-order chi connectivity index (χ0) is 12.8. The van der Waals surface area contributed by atoms with Crippen LogP contribution in [0, 0.1) is 11.8 Å². The number of aliphatic hydroxyl groups is 3. The van der Waals surface area contributed by atoms with Crippen molar-refractivity contribution in [3.63, 3.8) is 0 Å². The van der Waals surface area contributed by atoms with Crippen LogP contribution in [0.15, 0.2) is 30.3 Å². The second-order valence-electron chi connectivity index (χ2n) is 5.60. The molecule has 0 spiro atoms.